The van der Waals surface area contributed by atoms with E-state index in [-0.39, 0.29) is 36.1 Å². The van der Waals surface area contributed by atoms with Crippen molar-refractivity contribution in [1.29, 1.82) is 0 Å². The van der Waals surface area contributed by atoms with E-state index in [1.807, 2.05) is 13.8 Å². The van der Waals surface area contributed by atoms with Gasteiger partial charge in [-0.25, -0.2) is 14.2 Å². The Hall–Kier alpha value is -4.22. The van der Waals surface area contributed by atoms with Crippen molar-refractivity contribution in [2.45, 2.75) is 32.1 Å². The quantitative estimate of drug-likeness (QED) is 0.504. The van der Waals surface area contributed by atoms with Crippen molar-refractivity contribution in [2.24, 2.45) is 0 Å². The summed E-state index contributed by atoms with van der Waals surface area (Å²) in [5.74, 6) is -1.65. The normalized spacial score (nSPS) is 15.1. The Kier molecular flexibility index (Phi) is 6.29. The number of carbonyl (C=O) groups is 2. The molecule has 0 aliphatic carbocycles. The highest BCUT2D eigenvalue weighted by molar-refractivity contribution is 6.08. The fraction of sp³-hybridized carbons (Fsp3) is 0.250. The van der Waals surface area contributed by atoms with Crippen molar-refractivity contribution in [2.75, 3.05) is 22.1 Å². The van der Waals surface area contributed by atoms with Crippen molar-refractivity contribution >= 4 is 29.4 Å². The minimum Gasteiger partial charge on any atom is -0.383 e. The Morgan fingerprint density at radius 3 is 2.53 bits per heavy atom. The van der Waals surface area contributed by atoms with E-state index in [1.165, 1.54) is 41.3 Å². The van der Waals surface area contributed by atoms with Crippen molar-refractivity contribution in [1.82, 2.24) is 15.3 Å². The van der Waals surface area contributed by atoms with E-state index in [0.717, 1.165) is 23.2 Å². The fourth-order valence-corrected chi connectivity index (χ4v) is 3.80. The smallest absolute Gasteiger partial charge is 0.383 e. The highest BCUT2D eigenvalue weighted by Gasteiger charge is 2.37. The predicted molar refractivity (Wildman–Crippen MR) is 125 cm³/mol. The summed E-state index contributed by atoms with van der Waals surface area (Å²) in [5.41, 5.74) is 4.62. The molecule has 2 heterocycles. The average molecular weight is 502 g/mol. The van der Waals surface area contributed by atoms with Gasteiger partial charge in [-0.1, -0.05) is 18.2 Å². The van der Waals surface area contributed by atoms with Crippen LogP contribution < -0.4 is 20.9 Å². The number of hydrogen-bond acceptors (Lipinski definition) is 5. The van der Waals surface area contributed by atoms with E-state index in [1.54, 1.807) is 0 Å². The van der Waals surface area contributed by atoms with Crippen LogP contribution in [0.3, 0.4) is 0 Å². The molecular formula is C24H22F4N6O2. The lowest BCUT2D eigenvalue weighted by atomic mass is 10.1. The third-order valence-corrected chi connectivity index (χ3v) is 5.48. The van der Waals surface area contributed by atoms with Gasteiger partial charge in [0.15, 0.2) is 0 Å². The van der Waals surface area contributed by atoms with Gasteiger partial charge >= 0.3 is 12.2 Å². The van der Waals surface area contributed by atoms with Crippen LogP contribution in [-0.4, -0.2) is 34.0 Å². The number of hydrogen-bond donors (Lipinski definition) is 2. The summed E-state index contributed by atoms with van der Waals surface area (Å²) in [6.07, 6.45) is -3.53. The molecule has 1 aliphatic rings. The number of anilines is 3. The van der Waals surface area contributed by atoms with Gasteiger partial charge in [0, 0.05) is 11.9 Å². The Bertz CT molecular complexity index is 1330. The molecule has 8 nitrogen and oxygen atoms in total. The summed E-state index contributed by atoms with van der Waals surface area (Å²) in [5, 5.41) is 2.76. The van der Waals surface area contributed by atoms with Gasteiger partial charge in [0.2, 0.25) is 5.95 Å². The molecule has 0 atom stereocenters. The summed E-state index contributed by atoms with van der Waals surface area (Å²) >= 11 is 0. The number of carbonyl (C=O) groups excluding carboxylic acids is 2. The second-order valence-corrected chi connectivity index (χ2v) is 8.94. The maximum atomic E-state index is 13.8. The van der Waals surface area contributed by atoms with Crippen LogP contribution in [0.4, 0.5) is 39.8 Å². The number of amides is 3. The van der Waals surface area contributed by atoms with Crippen LogP contribution in [0.15, 0.2) is 54.7 Å². The molecule has 3 amide bonds. The van der Waals surface area contributed by atoms with Crippen molar-refractivity contribution < 1.29 is 27.2 Å². The zero-order valence-corrected chi connectivity index (χ0v) is 19.3. The zero-order valence-electron chi connectivity index (χ0n) is 19.3. The first-order valence-electron chi connectivity index (χ1n) is 10.8. The Morgan fingerprint density at radius 2 is 1.92 bits per heavy atom. The van der Waals surface area contributed by atoms with Gasteiger partial charge in [0.25, 0.3) is 5.91 Å². The van der Waals surface area contributed by atoms with E-state index < -0.39 is 35.0 Å². The predicted octanol–water partition coefficient (Wildman–Crippen LogP) is 4.37. The van der Waals surface area contributed by atoms with E-state index in [4.69, 9.17) is 5.73 Å². The Labute approximate surface area is 203 Å². The lowest BCUT2D eigenvalue weighted by molar-refractivity contribution is -0.137. The second kappa shape index (κ2) is 9.10. The molecule has 1 aromatic heterocycles. The minimum atomic E-state index is -4.64. The third-order valence-electron chi connectivity index (χ3n) is 5.48. The first-order valence-corrected chi connectivity index (χ1v) is 10.8. The molecule has 4 rings (SSSR count). The SMILES string of the molecule is CC1(C)CN(c2ncc(C(=O)N(Cc3cccc(F)c3)c3cccc(C(F)(F)F)c3)c(N)n2)C(=O)N1. The molecule has 188 valence electrons. The van der Waals surface area contributed by atoms with Gasteiger partial charge in [-0.15, -0.1) is 0 Å². The first kappa shape index (κ1) is 24.9. The maximum absolute atomic E-state index is 13.8. The fourth-order valence-electron chi connectivity index (χ4n) is 3.80. The molecule has 0 unspecified atom stereocenters. The summed E-state index contributed by atoms with van der Waals surface area (Å²) in [6, 6.07) is 9.10. The highest BCUT2D eigenvalue weighted by Crippen LogP contribution is 2.33. The largest absolute Gasteiger partial charge is 0.416 e. The molecule has 0 bridgehead atoms. The van der Waals surface area contributed by atoms with E-state index in [9.17, 15) is 27.2 Å². The molecule has 2 aromatic carbocycles. The van der Waals surface area contributed by atoms with E-state index in [0.29, 0.717) is 5.56 Å². The summed E-state index contributed by atoms with van der Waals surface area (Å²) in [6.45, 7) is 3.63. The van der Waals surface area contributed by atoms with Crippen molar-refractivity contribution in [3.63, 3.8) is 0 Å². The van der Waals surface area contributed by atoms with Crippen LogP contribution in [0, 0.1) is 5.82 Å². The topological polar surface area (TPSA) is 104 Å². The van der Waals surface area contributed by atoms with Crippen LogP contribution in [0.2, 0.25) is 0 Å². The van der Waals surface area contributed by atoms with Gasteiger partial charge in [-0.05, 0) is 49.7 Å². The molecular weight excluding hydrogens is 480 g/mol. The monoisotopic (exact) mass is 502 g/mol. The number of aromatic nitrogens is 2. The third kappa shape index (κ3) is 5.21. The molecule has 1 fully saturated rings. The lowest BCUT2D eigenvalue weighted by Crippen LogP contribution is -2.36. The number of nitrogens with two attached hydrogens (primary N) is 1. The Morgan fingerprint density at radius 1 is 1.19 bits per heavy atom. The number of nitrogens with one attached hydrogen (secondary N) is 1. The molecule has 0 radical (unpaired) electrons. The summed E-state index contributed by atoms with van der Waals surface area (Å²) in [7, 11) is 0. The number of nitrogens with zero attached hydrogens (tertiary/aromatic N) is 4. The highest BCUT2D eigenvalue weighted by atomic mass is 19.4. The van der Waals surface area contributed by atoms with Crippen LogP contribution in [-0.2, 0) is 12.7 Å². The first-order chi connectivity index (χ1) is 16.8. The number of benzene rings is 2. The summed E-state index contributed by atoms with van der Waals surface area (Å²) < 4.78 is 53.8. The minimum absolute atomic E-state index is 0.0251. The van der Waals surface area contributed by atoms with Crippen LogP contribution >= 0.6 is 0 Å². The zero-order chi connectivity index (χ0) is 26.3. The lowest BCUT2D eigenvalue weighted by Gasteiger charge is -2.25. The number of rotatable bonds is 5. The summed E-state index contributed by atoms with van der Waals surface area (Å²) in [4.78, 5) is 36.3. The maximum Gasteiger partial charge on any atom is 0.416 e. The molecule has 36 heavy (non-hydrogen) atoms. The van der Waals surface area contributed by atoms with Crippen molar-refractivity contribution in [3.8, 4) is 0 Å². The molecule has 0 spiro atoms. The van der Waals surface area contributed by atoms with Crippen LogP contribution in [0.1, 0.15) is 35.3 Å². The second-order valence-electron chi connectivity index (χ2n) is 8.94. The van der Waals surface area contributed by atoms with Gasteiger partial charge in [-0.2, -0.15) is 18.2 Å². The van der Waals surface area contributed by atoms with Gasteiger partial charge in [-0.3, -0.25) is 9.69 Å². The van der Waals surface area contributed by atoms with Crippen molar-refractivity contribution in [3.05, 3.63) is 77.2 Å². The number of nitrogen functional groups attached to an aromatic ring is 1. The molecule has 3 aromatic rings. The molecule has 1 aliphatic heterocycles. The Balaban J connectivity index is 1.72. The molecule has 3 N–H and O–H groups in total. The van der Waals surface area contributed by atoms with Crippen LogP contribution in [0.25, 0.3) is 0 Å². The standard InChI is InChI=1S/C24H22F4N6O2/c1-23(2)13-34(22(36)32-23)21-30-11-18(19(29)31-21)20(35)33(12-14-5-3-7-16(25)9-14)17-8-4-6-15(10-17)24(26,27)28/h3-11H,12-13H2,1-2H3,(H,32,36)(H2,29,30,31). The van der Waals surface area contributed by atoms with E-state index >= 15 is 0 Å². The number of alkyl halides is 3. The van der Waals surface area contributed by atoms with E-state index in [2.05, 4.69) is 15.3 Å². The van der Waals surface area contributed by atoms with Gasteiger partial charge < -0.3 is 16.0 Å². The van der Waals surface area contributed by atoms with Gasteiger partial charge in [0.05, 0.1) is 24.2 Å². The number of urea groups is 1. The molecule has 12 heteroatoms. The van der Waals surface area contributed by atoms with Gasteiger partial charge in [0.1, 0.15) is 17.2 Å². The molecule has 0 saturated carbocycles. The van der Waals surface area contributed by atoms with Crippen LogP contribution in [0.5, 0.6) is 0 Å². The molecule has 1 saturated heterocycles. The average Bonchev–Trinajstić information content (AvgIpc) is 3.08. The number of halogens is 4.